The summed E-state index contributed by atoms with van der Waals surface area (Å²) >= 11 is 0. The van der Waals surface area contributed by atoms with Crippen molar-refractivity contribution < 1.29 is 14.3 Å². The Kier molecular flexibility index (Phi) is 5.89. The molecule has 0 fully saturated rings. The Morgan fingerprint density at radius 2 is 1.40 bits per heavy atom. The van der Waals surface area contributed by atoms with Crippen LogP contribution in [0.3, 0.4) is 0 Å². The van der Waals surface area contributed by atoms with Crippen LogP contribution in [0.4, 0.5) is 10.5 Å². The van der Waals surface area contributed by atoms with Crippen LogP contribution in [0.2, 0.25) is 0 Å². The van der Waals surface area contributed by atoms with Gasteiger partial charge in [-0.1, -0.05) is 57.2 Å². The van der Waals surface area contributed by atoms with Crippen LogP contribution in [0.25, 0.3) is 11.1 Å². The molecule has 0 saturated heterocycles. The summed E-state index contributed by atoms with van der Waals surface area (Å²) in [4.78, 5) is 24.6. The van der Waals surface area contributed by atoms with Crippen molar-refractivity contribution in [3.63, 3.8) is 0 Å². The van der Waals surface area contributed by atoms with Gasteiger partial charge < -0.3 is 4.74 Å². The zero-order valence-corrected chi connectivity index (χ0v) is 18.8. The zero-order chi connectivity index (χ0) is 22.1. The minimum absolute atomic E-state index is 0.0758. The molecule has 4 nitrogen and oxygen atoms in total. The molecule has 0 unspecified atom stereocenters. The number of carbonyl (C=O) groups is 2. The number of anilines is 1. The number of rotatable bonds is 3. The molecule has 30 heavy (non-hydrogen) atoms. The Hall–Kier alpha value is -2.88. The van der Waals surface area contributed by atoms with Gasteiger partial charge in [-0.3, -0.25) is 10.1 Å². The molecular weight excluding hydrogens is 374 g/mol. The van der Waals surface area contributed by atoms with Crippen molar-refractivity contribution in [1.29, 1.82) is 0 Å². The first-order chi connectivity index (χ1) is 13.9. The van der Waals surface area contributed by atoms with Crippen molar-refractivity contribution in [2.75, 3.05) is 5.32 Å². The molecule has 0 radical (unpaired) electrons. The molecule has 2 aromatic rings. The maximum absolute atomic E-state index is 12.7. The van der Waals surface area contributed by atoms with Gasteiger partial charge in [0.2, 0.25) is 0 Å². The first kappa shape index (κ1) is 21.8. The second kappa shape index (κ2) is 8.10. The van der Waals surface area contributed by atoms with E-state index in [0.717, 1.165) is 28.7 Å². The van der Waals surface area contributed by atoms with Gasteiger partial charge in [-0.2, -0.15) is 0 Å². The number of hydrogen-bond donors (Lipinski definition) is 1. The van der Waals surface area contributed by atoms with Crippen LogP contribution in [0.15, 0.2) is 48.5 Å². The van der Waals surface area contributed by atoms with Crippen LogP contribution in [0.5, 0.6) is 0 Å². The van der Waals surface area contributed by atoms with E-state index in [1.54, 1.807) is 0 Å². The average molecular weight is 406 g/mol. The maximum atomic E-state index is 12.7. The van der Waals surface area contributed by atoms with Crippen LogP contribution in [-0.4, -0.2) is 17.5 Å². The van der Waals surface area contributed by atoms with Gasteiger partial charge in [0.05, 0.1) is 0 Å². The molecule has 0 heterocycles. The SMILES string of the molecule is CC(C)(C)OC(=O)Nc1ccc(C2=C(c3ccc(C(C)(C)C)cc3)C(=O)CC2)cc1. The predicted octanol–water partition coefficient (Wildman–Crippen LogP) is 6.60. The van der Waals surface area contributed by atoms with E-state index < -0.39 is 11.7 Å². The van der Waals surface area contributed by atoms with Gasteiger partial charge in [0.1, 0.15) is 5.60 Å². The number of hydrogen-bond acceptors (Lipinski definition) is 3. The van der Waals surface area contributed by atoms with Crippen LogP contribution < -0.4 is 5.32 Å². The van der Waals surface area contributed by atoms with Crippen molar-refractivity contribution >= 4 is 28.7 Å². The third kappa shape index (κ3) is 5.18. The zero-order valence-electron chi connectivity index (χ0n) is 18.8. The fraction of sp³-hybridized carbons (Fsp3) is 0.385. The van der Waals surface area contributed by atoms with Gasteiger partial charge in [-0.15, -0.1) is 0 Å². The quantitative estimate of drug-likeness (QED) is 0.625. The molecule has 158 valence electrons. The number of amides is 1. The molecule has 1 amide bonds. The summed E-state index contributed by atoms with van der Waals surface area (Å²) in [6.45, 7) is 12.0. The highest BCUT2D eigenvalue weighted by molar-refractivity contribution is 6.31. The maximum Gasteiger partial charge on any atom is 0.412 e. The second-order valence-electron chi connectivity index (χ2n) is 9.81. The number of allylic oxidation sites excluding steroid dienone is 2. The monoisotopic (exact) mass is 405 g/mol. The molecule has 2 aromatic carbocycles. The summed E-state index contributed by atoms with van der Waals surface area (Å²) in [5.41, 5.74) is 5.28. The molecule has 0 spiro atoms. The van der Waals surface area contributed by atoms with E-state index >= 15 is 0 Å². The van der Waals surface area contributed by atoms with E-state index in [-0.39, 0.29) is 11.2 Å². The number of carbonyl (C=O) groups excluding carboxylic acids is 2. The van der Waals surface area contributed by atoms with Crippen LogP contribution in [0, 0.1) is 0 Å². The normalized spacial score (nSPS) is 14.8. The molecule has 1 N–H and O–H groups in total. The highest BCUT2D eigenvalue weighted by Gasteiger charge is 2.26. The summed E-state index contributed by atoms with van der Waals surface area (Å²) in [5.74, 6) is 0.185. The topological polar surface area (TPSA) is 55.4 Å². The average Bonchev–Trinajstić information content (AvgIpc) is 3.01. The van der Waals surface area contributed by atoms with Gasteiger partial charge in [-0.25, -0.2) is 4.79 Å². The van der Waals surface area contributed by atoms with E-state index in [1.165, 1.54) is 5.56 Å². The smallest absolute Gasteiger partial charge is 0.412 e. The summed E-state index contributed by atoms with van der Waals surface area (Å²) in [5, 5.41) is 2.74. The van der Waals surface area contributed by atoms with Gasteiger partial charge in [0.15, 0.2) is 5.78 Å². The first-order valence-electron chi connectivity index (χ1n) is 10.4. The molecule has 0 saturated carbocycles. The first-order valence-corrected chi connectivity index (χ1v) is 10.4. The highest BCUT2D eigenvalue weighted by atomic mass is 16.6. The Balaban J connectivity index is 1.85. The Morgan fingerprint density at radius 3 is 1.93 bits per heavy atom. The van der Waals surface area contributed by atoms with Gasteiger partial charge >= 0.3 is 6.09 Å². The standard InChI is InChI=1S/C26H31NO3/c1-25(2,3)19-11-7-18(8-12-19)23-21(15-16-22(23)28)17-9-13-20(14-10-17)27-24(29)30-26(4,5)6/h7-14H,15-16H2,1-6H3,(H,27,29). The largest absolute Gasteiger partial charge is 0.444 e. The van der Waals surface area contributed by atoms with Gasteiger partial charge in [0.25, 0.3) is 0 Å². The lowest BCUT2D eigenvalue weighted by atomic mass is 9.85. The van der Waals surface area contributed by atoms with E-state index in [1.807, 2.05) is 45.0 Å². The van der Waals surface area contributed by atoms with Crippen molar-refractivity contribution in [3.8, 4) is 0 Å². The van der Waals surface area contributed by atoms with Gasteiger partial charge in [0, 0.05) is 17.7 Å². The molecule has 4 heteroatoms. The fourth-order valence-corrected chi connectivity index (χ4v) is 3.59. The van der Waals surface area contributed by atoms with E-state index in [2.05, 4.69) is 50.4 Å². The molecule has 0 aromatic heterocycles. The van der Waals surface area contributed by atoms with Crippen LogP contribution in [-0.2, 0) is 14.9 Å². The van der Waals surface area contributed by atoms with Gasteiger partial charge in [-0.05, 0) is 67.0 Å². The number of Topliss-reactive ketones (excluding diaryl/α,β-unsaturated/α-hetero) is 1. The Labute approximate surface area is 179 Å². The number of benzene rings is 2. The molecule has 0 aliphatic heterocycles. The van der Waals surface area contributed by atoms with E-state index in [4.69, 9.17) is 4.74 Å². The lowest BCUT2D eigenvalue weighted by Crippen LogP contribution is -2.27. The lowest BCUT2D eigenvalue weighted by Gasteiger charge is -2.20. The van der Waals surface area contributed by atoms with E-state index in [0.29, 0.717) is 12.1 Å². The minimum atomic E-state index is -0.545. The van der Waals surface area contributed by atoms with Crippen molar-refractivity contribution in [2.45, 2.75) is 65.4 Å². The number of ether oxygens (including phenoxy) is 1. The number of ketones is 1. The fourth-order valence-electron chi connectivity index (χ4n) is 3.59. The van der Waals surface area contributed by atoms with Crippen LogP contribution >= 0.6 is 0 Å². The molecular formula is C26H31NO3. The molecule has 1 aliphatic rings. The van der Waals surface area contributed by atoms with Crippen molar-refractivity contribution in [2.24, 2.45) is 0 Å². The summed E-state index contributed by atoms with van der Waals surface area (Å²) < 4.78 is 5.29. The second-order valence-corrected chi connectivity index (χ2v) is 9.81. The summed E-state index contributed by atoms with van der Waals surface area (Å²) in [6, 6.07) is 15.9. The molecule has 0 bridgehead atoms. The predicted molar refractivity (Wildman–Crippen MR) is 122 cm³/mol. The van der Waals surface area contributed by atoms with Crippen molar-refractivity contribution in [3.05, 3.63) is 65.2 Å². The van der Waals surface area contributed by atoms with Crippen molar-refractivity contribution in [1.82, 2.24) is 0 Å². The Morgan fingerprint density at radius 1 is 0.833 bits per heavy atom. The van der Waals surface area contributed by atoms with E-state index in [9.17, 15) is 9.59 Å². The highest BCUT2D eigenvalue weighted by Crippen LogP contribution is 2.38. The Bertz CT molecular complexity index is 969. The number of nitrogens with one attached hydrogen (secondary N) is 1. The minimum Gasteiger partial charge on any atom is -0.444 e. The molecule has 3 rings (SSSR count). The molecule has 1 aliphatic carbocycles. The third-order valence-electron chi connectivity index (χ3n) is 5.10. The molecule has 0 atom stereocenters. The third-order valence-corrected chi connectivity index (χ3v) is 5.10. The summed E-state index contributed by atoms with van der Waals surface area (Å²) in [6.07, 6.45) is 0.780. The lowest BCUT2D eigenvalue weighted by molar-refractivity contribution is -0.113. The van der Waals surface area contributed by atoms with Crippen LogP contribution in [0.1, 0.15) is 71.1 Å². The summed E-state index contributed by atoms with van der Waals surface area (Å²) in [7, 11) is 0.